The number of amides is 4. The number of carboxylic acid groups (broad SMARTS) is 1. The molecule has 0 heterocycles. The summed E-state index contributed by atoms with van der Waals surface area (Å²) in [7, 11) is 0. The zero-order valence-electron chi connectivity index (χ0n) is 15.9. The second kappa shape index (κ2) is 11.1. The van der Waals surface area contributed by atoms with E-state index in [1.165, 1.54) is 13.8 Å². The summed E-state index contributed by atoms with van der Waals surface area (Å²) >= 11 is 0. The number of aliphatic carboxylic acids is 1. The van der Waals surface area contributed by atoms with Crippen LogP contribution in [0.25, 0.3) is 0 Å². The van der Waals surface area contributed by atoms with E-state index < -0.39 is 53.8 Å². The van der Waals surface area contributed by atoms with E-state index in [2.05, 4.69) is 16.0 Å². The van der Waals surface area contributed by atoms with Crippen LogP contribution >= 0.6 is 0 Å². The van der Waals surface area contributed by atoms with Gasteiger partial charge in [0.25, 0.3) is 0 Å². The average molecular weight is 387 g/mol. The average Bonchev–Trinajstić information content (AvgIpc) is 2.52. The number of carbonyl (C=O) groups excluding carboxylic acids is 4. The predicted molar refractivity (Wildman–Crippen MR) is 96.0 cm³/mol. The molecule has 0 aromatic rings. The molecule has 0 spiro atoms. The molecule has 0 aliphatic rings. The first-order chi connectivity index (χ1) is 12.3. The van der Waals surface area contributed by atoms with Crippen molar-refractivity contribution >= 4 is 29.6 Å². The number of rotatable bonds is 11. The molecule has 11 heteroatoms. The van der Waals surface area contributed by atoms with Gasteiger partial charge < -0.3 is 32.5 Å². The topological polar surface area (TPSA) is 194 Å². The molecule has 4 amide bonds. The van der Waals surface area contributed by atoms with Crippen molar-refractivity contribution in [3.8, 4) is 0 Å². The Morgan fingerprint density at radius 2 is 1.37 bits per heavy atom. The second-order valence-electron chi connectivity index (χ2n) is 6.77. The van der Waals surface area contributed by atoms with Crippen molar-refractivity contribution in [1.82, 2.24) is 16.0 Å². The van der Waals surface area contributed by atoms with Crippen molar-refractivity contribution in [1.29, 1.82) is 0 Å². The SMILES string of the molecule is CC(C)CC(NC(=O)C(N)CC(N)=O)C(=O)NC(C)C(=O)NC(C)C(=O)O. The summed E-state index contributed by atoms with van der Waals surface area (Å²) in [5.41, 5.74) is 10.6. The minimum absolute atomic E-state index is 0.0320. The van der Waals surface area contributed by atoms with E-state index in [1.54, 1.807) is 0 Å². The standard InChI is InChI=1S/C16H29N5O6/c1-7(2)5-11(21-14(24)10(17)6-12(18)22)15(25)19-8(3)13(23)20-9(4)16(26)27/h7-11H,5-6,17H2,1-4H3,(H2,18,22)(H,19,25)(H,20,23)(H,21,24)(H,26,27). The molecule has 0 aliphatic heterocycles. The molecule has 0 aromatic carbocycles. The van der Waals surface area contributed by atoms with Crippen molar-refractivity contribution in [2.45, 2.75) is 64.7 Å². The van der Waals surface area contributed by atoms with Crippen molar-refractivity contribution < 1.29 is 29.1 Å². The zero-order chi connectivity index (χ0) is 21.3. The van der Waals surface area contributed by atoms with Gasteiger partial charge >= 0.3 is 5.97 Å². The lowest BCUT2D eigenvalue weighted by Crippen LogP contribution is -2.56. The van der Waals surface area contributed by atoms with Gasteiger partial charge in [-0.05, 0) is 26.2 Å². The molecule has 0 aromatic heterocycles. The van der Waals surface area contributed by atoms with Crippen LogP contribution in [0.1, 0.15) is 40.5 Å². The van der Waals surface area contributed by atoms with E-state index in [-0.39, 0.29) is 18.8 Å². The molecule has 154 valence electrons. The maximum atomic E-state index is 12.4. The van der Waals surface area contributed by atoms with Gasteiger partial charge in [0.05, 0.1) is 12.5 Å². The summed E-state index contributed by atoms with van der Waals surface area (Å²) < 4.78 is 0. The number of primary amides is 1. The summed E-state index contributed by atoms with van der Waals surface area (Å²) in [6, 6.07) is -4.31. The lowest BCUT2D eigenvalue weighted by atomic mass is 10.0. The third-order valence-corrected chi connectivity index (χ3v) is 3.58. The van der Waals surface area contributed by atoms with Crippen LogP contribution in [0.5, 0.6) is 0 Å². The van der Waals surface area contributed by atoms with Gasteiger partial charge in [0, 0.05) is 0 Å². The molecule has 0 saturated heterocycles. The number of hydrogen-bond donors (Lipinski definition) is 6. The van der Waals surface area contributed by atoms with Gasteiger partial charge in [0.2, 0.25) is 23.6 Å². The number of carbonyl (C=O) groups is 5. The fourth-order valence-corrected chi connectivity index (χ4v) is 2.07. The van der Waals surface area contributed by atoms with Crippen LogP contribution in [-0.2, 0) is 24.0 Å². The van der Waals surface area contributed by atoms with E-state index in [4.69, 9.17) is 16.6 Å². The summed E-state index contributed by atoms with van der Waals surface area (Å²) in [4.78, 5) is 58.1. The van der Waals surface area contributed by atoms with Crippen LogP contribution in [0.2, 0.25) is 0 Å². The first-order valence-corrected chi connectivity index (χ1v) is 8.52. The molecule has 0 saturated carbocycles. The predicted octanol–water partition coefficient (Wildman–Crippen LogP) is -2.19. The molecule has 4 unspecified atom stereocenters. The first kappa shape index (κ1) is 24.3. The highest BCUT2D eigenvalue weighted by Gasteiger charge is 2.28. The van der Waals surface area contributed by atoms with Gasteiger partial charge in [-0.15, -0.1) is 0 Å². The molecule has 0 bridgehead atoms. The van der Waals surface area contributed by atoms with Crippen LogP contribution in [0.15, 0.2) is 0 Å². The summed E-state index contributed by atoms with van der Waals surface area (Å²) in [6.07, 6.45) is -0.103. The van der Waals surface area contributed by atoms with Gasteiger partial charge in [0.15, 0.2) is 0 Å². The summed E-state index contributed by atoms with van der Waals surface area (Å²) in [5.74, 6) is -3.96. The fourth-order valence-electron chi connectivity index (χ4n) is 2.07. The van der Waals surface area contributed by atoms with E-state index in [0.29, 0.717) is 0 Å². The smallest absolute Gasteiger partial charge is 0.325 e. The fraction of sp³-hybridized carbons (Fsp3) is 0.688. The molecule has 0 radical (unpaired) electrons. The van der Waals surface area contributed by atoms with E-state index >= 15 is 0 Å². The third kappa shape index (κ3) is 9.54. The summed E-state index contributed by atoms with van der Waals surface area (Å²) in [6.45, 7) is 6.34. The van der Waals surface area contributed by atoms with Crippen LogP contribution < -0.4 is 27.4 Å². The molecule has 0 rings (SSSR count). The minimum atomic E-state index is -1.21. The van der Waals surface area contributed by atoms with Crippen molar-refractivity contribution in [3.05, 3.63) is 0 Å². The molecular weight excluding hydrogens is 358 g/mol. The van der Waals surface area contributed by atoms with Crippen LogP contribution in [0.3, 0.4) is 0 Å². The Hall–Kier alpha value is -2.69. The highest BCUT2D eigenvalue weighted by Crippen LogP contribution is 2.06. The lowest BCUT2D eigenvalue weighted by Gasteiger charge is -2.24. The van der Waals surface area contributed by atoms with E-state index in [9.17, 15) is 24.0 Å². The van der Waals surface area contributed by atoms with Crippen molar-refractivity contribution in [2.75, 3.05) is 0 Å². The van der Waals surface area contributed by atoms with Gasteiger partial charge in [-0.1, -0.05) is 13.8 Å². The van der Waals surface area contributed by atoms with Crippen molar-refractivity contribution in [3.63, 3.8) is 0 Å². The Morgan fingerprint density at radius 3 is 1.81 bits per heavy atom. The normalized spacial score (nSPS) is 15.2. The second-order valence-corrected chi connectivity index (χ2v) is 6.77. The maximum Gasteiger partial charge on any atom is 0.325 e. The molecular formula is C16H29N5O6. The van der Waals surface area contributed by atoms with Gasteiger partial charge in [0.1, 0.15) is 18.1 Å². The maximum absolute atomic E-state index is 12.4. The van der Waals surface area contributed by atoms with E-state index in [1.807, 2.05) is 13.8 Å². The third-order valence-electron chi connectivity index (χ3n) is 3.58. The molecule has 8 N–H and O–H groups in total. The Labute approximate surface area is 157 Å². The van der Waals surface area contributed by atoms with Gasteiger partial charge in [-0.2, -0.15) is 0 Å². The number of carboxylic acids is 1. The highest BCUT2D eigenvalue weighted by molar-refractivity contribution is 5.94. The molecule has 11 nitrogen and oxygen atoms in total. The highest BCUT2D eigenvalue weighted by atomic mass is 16.4. The van der Waals surface area contributed by atoms with Crippen LogP contribution in [0, 0.1) is 5.92 Å². The lowest BCUT2D eigenvalue weighted by molar-refractivity contribution is -0.141. The van der Waals surface area contributed by atoms with E-state index in [0.717, 1.165) is 0 Å². The quantitative estimate of drug-likeness (QED) is 0.232. The Bertz CT molecular complexity index is 580. The monoisotopic (exact) mass is 387 g/mol. The molecule has 27 heavy (non-hydrogen) atoms. The minimum Gasteiger partial charge on any atom is -0.480 e. The Kier molecular flexibility index (Phi) is 10.0. The van der Waals surface area contributed by atoms with Gasteiger partial charge in [-0.25, -0.2) is 0 Å². The van der Waals surface area contributed by atoms with Crippen LogP contribution in [0.4, 0.5) is 0 Å². The van der Waals surface area contributed by atoms with Crippen molar-refractivity contribution in [2.24, 2.45) is 17.4 Å². The zero-order valence-corrected chi connectivity index (χ0v) is 15.9. The number of nitrogens with two attached hydrogens (primary N) is 2. The molecule has 0 aliphatic carbocycles. The first-order valence-electron chi connectivity index (χ1n) is 8.52. The molecule has 0 fully saturated rings. The number of nitrogens with one attached hydrogen (secondary N) is 3. The van der Waals surface area contributed by atoms with Gasteiger partial charge in [-0.3, -0.25) is 24.0 Å². The van der Waals surface area contributed by atoms with Crippen LogP contribution in [-0.4, -0.2) is 58.9 Å². The molecule has 4 atom stereocenters. The number of hydrogen-bond acceptors (Lipinski definition) is 6. The summed E-state index contributed by atoms with van der Waals surface area (Å²) in [5, 5.41) is 15.9. The Morgan fingerprint density at radius 1 is 0.852 bits per heavy atom. The Balaban J connectivity index is 4.95. The largest absolute Gasteiger partial charge is 0.480 e.